The molecule has 17 heavy (non-hydrogen) atoms. The Morgan fingerprint density at radius 1 is 1.53 bits per heavy atom. The quantitative estimate of drug-likeness (QED) is 0.776. The monoisotopic (exact) mass is 314 g/mol. The van der Waals surface area contributed by atoms with Gasteiger partial charge in [0.2, 0.25) is 0 Å². The van der Waals surface area contributed by atoms with Gasteiger partial charge in [0, 0.05) is 35.1 Å². The Morgan fingerprint density at radius 3 is 2.94 bits per heavy atom. The van der Waals surface area contributed by atoms with Gasteiger partial charge in [-0.1, -0.05) is 28.9 Å². The van der Waals surface area contributed by atoms with Crippen LogP contribution in [0.3, 0.4) is 0 Å². The van der Waals surface area contributed by atoms with Crippen LogP contribution in [0.5, 0.6) is 0 Å². The van der Waals surface area contributed by atoms with Crippen molar-refractivity contribution in [3.05, 3.63) is 23.4 Å². The largest absolute Gasteiger partial charge is 0.352 e. The Labute approximate surface area is 116 Å². The molecule has 2 heterocycles. The fourth-order valence-corrected chi connectivity index (χ4v) is 3.64. The van der Waals surface area contributed by atoms with Gasteiger partial charge in [0.25, 0.3) is 0 Å². The first-order valence-corrected chi connectivity index (χ1v) is 8.20. The average Bonchev–Trinajstić information content (AvgIpc) is 2.33. The van der Waals surface area contributed by atoms with Gasteiger partial charge in [-0.3, -0.25) is 0 Å². The number of alkyl halides is 1. The summed E-state index contributed by atoms with van der Waals surface area (Å²) in [4.78, 5) is 7.10. The number of rotatable bonds is 2. The molecule has 2 nitrogen and oxygen atoms in total. The minimum absolute atomic E-state index is 0.565. The molecule has 1 aromatic rings. The zero-order valence-electron chi connectivity index (χ0n) is 10.6. The van der Waals surface area contributed by atoms with Crippen molar-refractivity contribution in [2.75, 3.05) is 17.2 Å². The Bertz CT molecular complexity index is 397. The Balaban J connectivity index is 2.27. The molecule has 0 amide bonds. The number of anilines is 1. The van der Waals surface area contributed by atoms with E-state index < -0.39 is 0 Å². The number of thioether (sulfide) groups is 1. The highest BCUT2D eigenvalue weighted by Gasteiger charge is 2.26. The van der Waals surface area contributed by atoms with Gasteiger partial charge < -0.3 is 4.90 Å². The number of nitrogens with zero attached hydrogens (tertiary/aromatic N) is 2. The summed E-state index contributed by atoms with van der Waals surface area (Å²) in [5.41, 5.74) is 2.53. The molecule has 0 aliphatic carbocycles. The third-order valence-corrected chi connectivity index (χ3v) is 5.40. The van der Waals surface area contributed by atoms with Crippen molar-refractivity contribution in [1.29, 1.82) is 0 Å². The SMILES string of the molecule is Cc1cc(CBr)cnc1N1CCSC(C)C1C. The lowest BCUT2D eigenvalue weighted by atomic mass is 10.1. The van der Waals surface area contributed by atoms with Crippen molar-refractivity contribution in [2.24, 2.45) is 0 Å². The van der Waals surface area contributed by atoms with Crippen LogP contribution in [0.1, 0.15) is 25.0 Å². The smallest absolute Gasteiger partial charge is 0.131 e. The highest BCUT2D eigenvalue weighted by atomic mass is 79.9. The van der Waals surface area contributed by atoms with Crippen LogP contribution in [0.4, 0.5) is 5.82 Å². The first kappa shape index (κ1) is 13.2. The van der Waals surface area contributed by atoms with E-state index in [2.05, 4.69) is 64.4 Å². The van der Waals surface area contributed by atoms with Crippen molar-refractivity contribution in [3.63, 3.8) is 0 Å². The average molecular weight is 315 g/mol. The first-order chi connectivity index (χ1) is 8.13. The van der Waals surface area contributed by atoms with Crippen molar-refractivity contribution in [1.82, 2.24) is 4.98 Å². The summed E-state index contributed by atoms with van der Waals surface area (Å²) in [7, 11) is 0. The zero-order valence-corrected chi connectivity index (χ0v) is 13.0. The maximum absolute atomic E-state index is 4.64. The molecule has 94 valence electrons. The van der Waals surface area contributed by atoms with E-state index in [1.165, 1.54) is 16.9 Å². The van der Waals surface area contributed by atoms with Gasteiger partial charge in [0.15, 0.2) is 0 Å². The molecule has 1 aromatic heterocycles. The summed E-state index contributed by atoms with van der Waals surface area (Å²) in [5, 5.41) is 1.56. The number of hydrogen-bond donors (Lipinski definition) is 0. The highest BCUT2D eigenvalue weighted by molar-refractivity contribution is 9.08. The summed E-state index contributed by atoms with van der Waals surface area (Å²) in [6.45, 7) is 7.88. The van der Waals surface area contributed by atoms with E-state index in [9.17, 15) is 0 Å². The third kappa shape index (κ3) is 2.79. The third-order valence-electron chi connectivity index (χ3n) is 3.42. The summed E-state index contributed by atoms with van der Waals surface area (Å²) >= 11 is 5.54. The molecule has 0 N–H and O–H groups in total. The molecule has 4 heteroatoms. The highest BCUT2D eigenvalue weighted by Crippen LogP contribution is 2.29. The Morgan fingerprint density at radius 2 is 2.29 bits per heavy atom. The van der Waals surface area contributed by atoms with Crippen molar-refractivity contribution in [3.8, 4) is 0 Å². The maximum Gasteiger partial charge on any atom is 0.131 e. The lowest BCUT2D eigenvalue weighted by molar-refractivity contribution is 0.618. The van der Waals surface area contributed by atoms with Crippen LogP contribution in [0, 0.1) is 6.92 Å². The molecule has 2 atom stereocenters. The predicted molar refractivity (Wildman–Crippen MR) is 80.3 cm³/mol. The summed E-state index contributed by atoms with van der Waals surface area (Å²) in [5.74, 6) is 2.36. The second-order valence-corrected chi connectivity index (χ2v) is 6.67. The van der Waals surface area contributed by atoms with Crippen LogP contribution in [0.25, 0.3) is 0 Å². The summed E-state index contributed by atoms with van der Waals surface area (Å²) in [6.07, 6.45) is 1.98. The van der Waals surface area contributed by atoms with Gasteiger partial charge in [-0.25, -0.2) is 4.98 Å². The van der Waals surface area contributed by atoms with E-state index in [1.54, 1.807) is 0 Å². The molecule has 0 bridgehead atoms. The molecule has 0 spiro atoms. The zero-order chi connectivity index (χ0) is 12.4. The lowest BCUT2D eigenvalue weighted by Crippen LogP contribution is -2.45. The van der Waals surface area contributed by atoms with E-state index in [0.717, 1.165) is 17.7 Å². The van der Waals surface area contributed by atoms with Gasteiger partial charge >= 0.3 is 0 Å². The number of hydrogen-bond acceptors (Lipinski definition) is 3. The van der Waals surface area contributed by atoms with Crippen LogP contribution >= 0.6 is 27.7 Å². The molecular formula is C13H19BrN2S. The lowest BCUT2D eigenvalue weighted by Gasteiger charge is -2.39. The fraction of sp³-hybridized carbons (Fsp3) is 0.615. The molecule has 2 rings (SSSR count). The molecule has 0 radical (unpaired) electrons. The van der Waals surface area contributed by atoms with E-state index in [0.29, 0.717) is 11.3 Å². The van der Waals surface area contributed by atoms with Gasteiger partial charge in [0.1, 0.15) is 5.82 Å². The molecular weight excluding hydrogens is 296 g/mol. The number of halogens is 1. The number of aromatic nitrogens is 1. The number of aryl methyl sites for hydroxylation is 1. The van der Waals surface area contributed by atoms with Crippen LogP contribution < -0.4 is 4.90 Å². The van der Waals surface area contributed by atoms with Gasteiger partial charge in [-0.05, 0) is 25.0 Å². The van der Waals surface area contributed by atoms with Gasteiger partial charge in [-0.2, -0.15) is 11.8 Å². The molecule has 1 saturated heterocycles. The van der Waals surface area contributed by atoms with Crippen molar-refractivity contribution >= 4 is 33.5 Å². The molecule has 1 fully saturated rings. The minimum Gasteiger partial charge on any atom is -0.352 e. The molecule has 2 unspecified atom stereocenters. The second-order valence-electron chi connectivity index (χ2n) is 4.63. The maximum atomic E-state index is 4.64. The normalized spacial score (nSPS) is 25.1. The Hall–Kier alpha value is -0.220. The van der Waals surface area contributed by atoms with Crippen LogP contribution in [0.15, 0.2) is 12.3 Å². The van der Waals surface area contributed by atoms with Crippen LogP contribution in [0.2, 0.25) is 0 Å². The van der Waals surface area contributed by atoms with Crippen LogP contribution in [-0.4, -0.2) is 28.6 Å². The summed E-state index contributed by atoms with van der Waals surface area (Å²) < 4.78 is 0. The second kappa shape index (κ2) is 5.61. The molecule has 1 aliphatic heterocycles. The first-order valence-electron chi connectivity index (χ1n) is 6.03. The fourth-order valence-electron chi connectivity index (χ4n) is 2.23. The molecule has 1 aliphatic rings. The van der Waals surface area contributed by atoms with E-state index in [-0.39, 0.29) is 0 Å². The van der Waals surface area contributed by atoms with Crippen LogP contribution in [-0.2, 0) is 5.33 Å². The molecule has 0 aromatic carbocycles. The van der Waals surface area contributed by atoms with E-state index in [4.69, 9.17) is 0 Å². The molecule has 0 saturated carbocycles. The number of pyridine rings is 1. The Kier molecular flexibility index (Phi) is 4.36. The predicted octanol–water partition coefficient (Wildman–Crippen LogP) is 3.62. The minimum atomic E-state index is 0.565. The van der Waals surface area contributed by atoms with E-state index >= 15 is 0 Å². The van der Waals surface area contributed by atoms with Gasteiger partial charge in [0.05, 0.1) is 0 Å². The van der Waals surface area contributed by atoms with Crippen molar-refractivity contribution < 1.29 is 0 Å². The van der Waals surface area contributed by atoms with Crippen molar-refractivity contribution in [2.45, 2.75) is 37.4 Å². The summed E-state index contributed by atoms with van der Waals surface area (Å²) in [6, 6.07) is 2.80. The standard InChI is InChI=1S/C13H19BrN2S/c1-9-6-12(7-14)8-15-13(9)16-4-5-17-11(3)10(16)2/h6,8,10-11H,4-5,7H2,1-3H3. The topological polar surface area (TPSA) is 16.1 Å². The van der Waals surface area contributed by atoms with E-state index in [1.807, 2.05) is 6.20 Å². The van der Waals surface area contributed by atoms with Gasteiger partial charge in [-0.15, -0.1) is 0 Å².